The Morgan fingerprint density at radius 2 is 1.59 bits per heavy atom. The topological polar surface area (TPSA) is 29.5 Å². The van der Waals surface area contributed by atoms with Crippen molar-refractivity contribution in [2.75, 3.05) is 13.2 Å². The number of nitrogens with zero attached hydrogens (tertiary/aromatic N) is 1. The number of fused-ring (bicyclic) bond motifs is 1. The fraction of sp³-hybridized carbons (Fsp3) is 0.333. The second-order valence-electron chi connectivity index (χ2n) is 6.18. The molecule has 0 aromatic heterocycles. The van der Waals surface area contributed by atoms with Gasteiger partial charge >= 0.3 is 0 Å². The lowest BCUT2D eigenvalue weighted by molar-refractivity contribution is 0.108. The molecule has 1 unspecified atom stereocenters. The zero-order chi connectivity index (χ0) is 15.2. The summed E-state index contributed by atoms with van der Waals surface area (Å²) in [5, 5.41) is 0. The van der Waals surface area contributed by atoms with E-state index in [9.17, 15) is 4.57 Å². The summed E-state index contributed by atoms with van der Waals surface area (Å²) in [6.45, 7) is 2.62. The van der Waals surface area contributed by atoms with Crippen LogP contribution in [0.25, 0.3) is 0 Å². The van der Waals surface area contributed by atoms with E-state index in [0.29, 0.717) is 0 Å². The van der Waals surface area contributed by atoms with Gasteiger partial charge in [0.05, 0.1) is 6.04 Å². The molecule has 22 heavy (non-hydrogen) atoms. The molecule has 0 N–H and O–H groups in total. The standard InChI is InChI=1S/C18H20NO2P/c1-22(20)19-14-8-13-17(19)18(21-22,15-9-4-2-5-10-15)16-11-6-3-7-12-16/h2-7,9-12,17H,8,13-14H2,1H3/t17-,22?/m1/s1. The van der Waals surface area contributed by atoms with Crippen molar-refractivity contribution in [1.82, 2.24) is 4.67 Å². The van der Waals surface area contributed by atoms with Gasteiger partial charge in [-0.1, -0.05) is 60.7 Å². The van der Waals surface area contributed by atoms with Crippen LogP contribution >= 0.6 is 7.52 Å². The number of rotatable bonds is 2. The van der Waals surface area contributed by atoms with Gasteiger partial charge in [-0.05, 0) is 24.0 Å². The normalized spacial score (nSPS) is 30.3. The van der Waals surface area contributed by atoms with Gasteiger partial charge in [0.15, 0.2) is 0 Å². The van der Waals surface area contributed by atoms with Crippen molar-refractivity contribution in [3.63, 3.8) is 0 Å². The van der Waals surface area contributed by atoms with Gasteiger partial charge in [-0.2, -0.15) is 0 Å². The lowest BCUT2D eigenvalue weighted by Crippen LogP contribution is -2.40. The molecule has 4 heteroatoms. The summed E-state index contributed by atoms with van der Waals surface area (Å²) >= 11 is 0. The Morgan fingerprint density at radius 1 is 1.05 bits per heavy atom. The van der Waals surface area contributed by atoms with E-state index in [1.807, 2.05) is 36.4 Å². The van der Waals surface area contributed by atoms with Gasteiger partial charge in [0.2, 0.25) is 0 Å². The fourth-order valence-corrected chi connectivity index (χ4v) is 6.27. The van der Waals surface area contributed by atoms with Crippen LogP contribution in [0.1, 0.15) is 24.0 Å². The highest BCUT2D eigenvalue weighted by molar-refractivity contribution is 7.56. The minimum Gasteiger partial charge on any atom is -0.299 e. The molecule has 2 saturated heterocycles. The minimum absolute atomic E-state index is 0.146. The monoisotopic (exact) mass is 313 g/mol. The average molecular weight is 313 g/mol. The fourth-order valence-electron chi connectivity index (χ4n) is 4.01. The zero-order valence-corrected chi connectivity index (χ0v) is 13.6. The maximum Gasteiger partial charge on any atom is 0.271 e. The lowest BCUT2D eigenvalue weighted by Gasteiger charge is -2.34. The Balaban J connectivity index is 1.97. The summed E-state index contributed by atoms with van der Waals surface area (Å²) in [6.07, 6.45) is 2.09. The maximum atomic E-state index is 13.1. The third-order valence-corrected chi connectivity index (χ3v) is 6.92. The van der Waals surface area contributed by atoms with E-state index in [4.69, 9.17) is 4.52 Å². The molecule has 3 nitrogen and oxygen atoms in total. The SMILES string of the molecule is CP1(=O)OC(c2ccccc2)(c2ccccc2)[C@H]2CCCN21. The second kappa shape index (κ2) is 5.06. The summed E-state index contributed by atoms with van der Waals surface area (Å²) in [6, 6.07) is 20.7. The van der Waals surface area contributed by atoms with Crippen LogP contribution in [-0.4, -0.2) is 23.9 Å². The van der Waals surface area contributed by atoms with Crippen LogP contribution in [0.4, 0.5) is 0 Å². The predicted molar refractivity (Wildman–Crippen MR) is 88.0 cm³/mol. The van der Waals surface area contributed by atoms with E-state index >= 15 is 0 Å². The Morgan fingerprint density at radius 3 is 2.14 bits per heavy atom. The second-order valence-corrected chi connectivity index (χ2v) is 8.49. The van der Waals surface area contributed by atoms with Crippen molar-refractivity contribution in [3.8, 4) is 0 Å². The Bertz CT molecular complexity index is 677. The molecular formula is C18H20NO2P. The Labute approximate surface area is 131 Å². The van der Waals surface area contributed by atoms with E-state index in [-0.39, 0.29) is 6.04 Å². The molecule has 0 radical (unpaired) electrons. The largest absolute Gasteiger partial charge is 0.299 e. The molecule has 2 aromatic rings. The van der Waals surface area contributed by atoms with E-state index < -0.39 is 13.1 Å². The molecule has 0 spiro atoms. The Hall–Kier alpha value is -1.41. The first kappa shape index (κ1) is 14.2. The van der Waals surface area contributed by atoms with Crippen LogP contribution < -0.4 is 0 Å². The van der Waals surface area contributed by atoms with Crippen LogP contribution in [0.15, 0.2) is 60.7 Å². The van der Waals surface area contributed by atoms with Crippen molar-refractivity contribution in [1.29, 1.82) is 0 Å². The number of hydrogen-bond acceptors (Lipinski definition) is 2. The molecule has 2 heterocycles. The van der Waals surface area contributed by atoms with Gasteiger partial charge < -0.3 is 0 Å². The predicted octanol–water partition coefficient (Wildman–Crippen LogP) is 4.25. The molecule has 2 atom stereocenters. The molecule has 2 aliphatic rings. The highest BCUT2D eigenvalue weighted by atomic mass is 31.2. The summed E-state index contributed by atoms with van der Waals surface area (Å²) in [4.78, 5) is 0. The van der Waals surface area contributed by atoms with Crippen LogP contribution in [0.3, 0.4) is 0 Å². The molecule has 4 rings (SSSR count). The van der Waals surface area contributed by atoms with Crippen LogP contribution in [-0.2, 0) is 14.7 Å². The summed E-state index contributed by atoms with van der Waals surface area (Å²) in [5.41, 5.74) is 1.57. The lowest BCUT2D eigenvalue weighted by atomic mass is 9.79. The van der Waals surface area contributed by atoms with Crippen molar-refractivity contribution >= 4 is 7.52 Å². The van der Waals surface area contributed by atoms with Crippen molar-refractivity contribution in [2.45, 2.75) is 24.5 Å². The van der Waals surface area contributed by atoms with Crippen LogP contribution in [0.5, 0.6) is 0 Å². The third kappa shape index (κ3) is 1.93. The Kier molecular flexibility index (Phi) is 3.26. The highest BCUT2D eigenvalue weighted by Gasteiger charge is 2.60. The van der Waals surface area contributed by atoms with Crippen molar-refractivity contribution in [2.24, 2.45) is 0 Å². The first-order valence-corrected chi connectivity index (χ1v) is 9.83. The summed E-state index contributed by atoms with van der Waals surface area (Å²) < 4.78 is 21.6. The van der Waals surface area contributed by atoms with Gasteiger partial charge in [0.25, 0.3) is 7.52 Å². The van der Waals surface area contributed by atoms with Crippen molar-refractivity contribution in [3.05, 3.63) is 71.8 Å². The van der Waals surface area contributed by atoms with E-state index in [2.05, 4.69) is 28.9 Å². The quantitative estimate of drug-likeness (QED) is 0.776. The highest BCUT2D eigenvalue weighted by Crippen LogP contribution is 2.67. The van der Waals surface area contributed by atoms with Gasteiger partial charge in [-0.25, -0.2) is 4.67 Å². The molecule has 0 aliphatic carbocycles. The first-order chi connectivity index (χ1) is 10.6. The molecule has 2 aromatic carbocycles. The van der Waals surface area contributed by atoms with E-state index in [1.54, 1.807) is 6.66 Å². The summed E-state index contributed by atoms with van der Waals surface area (Å²) in [7, 11) is -2.77. The van der Waals surface area contributed by atoms with Crippen LogP contribution in [0, 0.1) is 0 Å². The number of hydrogen-bond donors (Lipinski definition) is 0. The van der Waals surface area contributed by atoms with Gasteiger partial charge in [-0.15, -0.1) is 0 Å². The number of benzene rings is 2. The molecule has 114 valence electrons. The molecule has 2 aliphatic heterocycles. The van der Waals surface area contributed by atoms with Crippen molar-refractivity contribution < 1.29 is 9.09 Å². The zero-order valence-electron chi connectivity index (χ0n) is 12.7. The van der Waals surface area contributed by atoms with Gasteiger partial charge in [-0.3, -0.25) is 9.09 Å². The molecule has 0 saturated carbocycles. The van der Waals surface area contributed by atoms with Gasteiger partial charge in [0, 0.05) is 13.2 Å². The van der Waals surface area contributed by atoms with E-state index in [0.717, 1.165) is 30.5 Å². The first-order valence-electron chi connectivity index (χ1n) is 7.81. The maximum absolute atomic E-state index is 13.1. The molecule has 2 fully saturated rings. The van der Waals surface area contributed by atoms with Gasteiger partial charge in [0.1, 0.15) is 5.60 Å². The molecule has 0 amide bonds. The molecular weight excluding hydrogens is 293 g/mol. The van der Waals surface area contributed by atoms with Crippen LogP contribution in [0.2, 0.25) is 0 Å². The molecule has 0 bridgehead atoms. The third-order valence-electron chi connectivity index (χ3n) is 4.88. The average Bonchev–Trinajstić information content (AvgIpc) is 3.12. The smallest absolute Gasteiger partial charge is 0.271 e. The summed E-state index contributed by atoms with van der Waals surface area (Å²) in [5.74, 6) is 0. The minimum atomic E-state index is -2.77. The van der Waals surface area contributed by atoms with E-state index in [1.165, 1.54) is 0 Å².